The fraction of sp³-hybridized carbons (Fsp3) is 0.385. The van der Waals surface area contributed by atoms with Crippen LogP contribution in [0.3, 0.4) is 0 Å². The van der Waals surface area contributed by atoms with Gasteiger partial charge in [0.25, 0.3) is 0 Å². The van der Waals surface area contributed by atoms with E-state index in [0.29, 0.717) is 0 Å². The molecule has 0 unspecified atom stereocenters. The number of rotatable bonds is 8. The highest BCUT2D eigenvalue weighted by Crippen LogP contribution is 2.50. The maximum absolute atomic E-state index is 12.7. The van der Waals surface area contributed by atoms with Crippen molar-refractivity contribution >= 4 is 19.1 Å². The van der Waals surface area contributed by atoms with Crippen LogP contribution in [-0.4, -0.2) is 34.5 Å². The molecule has 0 saturated heterocycles. The first kappa shape index (κ1) is 15.4. The SMILES string of the molecule is O=C(O)CCP(=O)(CCC(=O)O)Cc1ccccc1. The minimum atomic E-state index is -2.81. The Balaban J connectivity index is 2.75. The summed E-state index contributed by atoms with van der Waals surface area (Å²) >= 11 is 0. The first-order valence-corrected chi connectivity index (χ1v) is 8.22. The van der Waals surface area contributed by atoms with Crippen LogP contribution in [0.4, 0.5) is 0 Å². The lowest BCUT2D eigenvalue weighted by Gasteiger charge is -2.16. The Morgan fingerprint density at radius 1 is 0.947 bits per heavy atom. The third-order valence-corrected chi connectivity index (χ3v) is 5.80. The number of aliphatic carboxylic acids is 2. The average molecular weight is 284 g/mol. The van der Waals surface area contributed by atoms with Crippen LogP contribution < -0.4 is 0 Å². The Morgan fingerprint density at radius 3 is 1.84 bits per heavy atom. The van der Waals surface area contributed by atoms with Gasteiger partial charge in [-0.3, -0.25) is 9.59 Å². The van der Waals surface area contributed by atoms with Crippen LogP contribution >= 0.6 is 7.14 Å². The molecule has 5 nitrogen and oxygen atoms in total. The second-order valence-electron chi connectivity index (χ2n) is 4.44. The molecule has 104 valence electrons. The van der Waals surface area contributed by atoms with Crippen molar-refractivity contribution in [2.45, 2.75) is 19.0 Å². The molecule has 0 bridgehead atoms. The van der Waals surface area contributed by atoms with Crippen LogP contribution in [0.1, 0.15) is 18.4 Å². The molecule has 0 atom stereocenters. The highest BCUT2D eigenvalue weighted by Gasteiger charge is 2.24. The fourth-order valence-electron chi connectivity index (χ4n) is 1.78. The maximum Gasteiger partial charge on any atom is 0.303 e. The Hall–Kier alpha value is -1.61. The molecule has 0 aliphatic rings. The van der Waals surface area contributed by atoms with Crippen molar-refractivity contribution in [1.82, 2.24) is 0 Å². The smallest absolute Gasteiger partial charge is 0.303 e. The molecule has 0 aliphatic carbocycles. The third-order valence-electron chi connectivity index (χ3n) is 2.78. The summed E-state index contributed by atoms with van der Waals surface area (Å²) < 4.78 is 12.7. The van der Waals surface area contributed by atoms with Crippen LogP contribution in [0.5, 0.6) is 0 Å². The summed E-state index contributed by atoms with van der Waals surface area (Å²) in [5, 5.41) is 17.4. The quantitative estimate of drug-likeness (QED) is 0.715. The van der Waals surface area contributed by atoms with E-state index in [1.54, 1.807) is 0 Å². The summed E-state index contributed by atoms with van der Waals surface area (Å²) in [6.07, 6.45) is -0.0309. The average Bonchev–Trinajstić information content (AvgIpc) is 2.36. The zero-order valence-electron chi connectivity index (χ0n) is 10.5. The van der Waals surface area contributed by atoms with Crippen molar-refractivity contribution in [3.8, 4) is 0 Å². The van der Waals surface area contributed by atoms with Crippen LogP contribution in [0.15, 0.2) is 30.3 Å². The van der Waals surface area contributed by atoms with Gasteiger partial charge in [-0.25, -0.2) is 0 Å². The molecular weight excluding hydrogens is 267 g/mol. The minimum Gasteiger partial charge on any atom is -0.481 e. The molecule has 0 radical (unpaired) electrons. The van der Waals surface area contributed by atoms with Gasteiger partial charge in [-0.2, -0.15) is 0 Å². The molecule has 1 rings (SSSR count). The van der Waals surface area contributed by atoms with E-state index in [1.807, 2.05) is 30.3 Å². The molecule has 1 aromatic carbocycles. The molecule has 0 spiro atoms. The van der Waals surface area contributed by atoms with E-state index in [0.717, 1.165) is 5.56 Å². The molecular formula is C13H17O5P. The van der Waals surface area contributed by atoms with E-state index < -0.39 is 19.1 Å². The van der Waals surface area contributed by atoms with Gasteiger partial charge >= 0.3 is 11.9 Å². The summed E-state index contributed by atoms with van der Waals surface area (Å²) in [4.78, 5) is 21.2. The molecule has 6 heteroatoms. The molecule has 0 amide bonds. The first-order valence-electron chi connectivity index (χ1n) is 5.96. The number of benzene rings is 1. The number of carboxylic acid groups (broad SMARTS) is 2. The van der Waals surface area contributed by atoms with Crippen molar-refractivity contribution < 1.29 is 24.4 Å². The lowest BCUT2D eigenvalue weighted by atomic mass is 10.2. The van der Waals surface area contributed by atoms with Gasteiger partial charge in [0, 0.05) is 18.5 Å². The predicted octanol–water partition coefficient (Wildman–Crippen LogP) is 2.50. The van der Waals surface area contributed by atoms with Gasteiger partial charge < -0.3 is 14.8 Å². The maximum atomic E-state index is 12.7. The Morgan fingerprint density at radius 2 is 1.42 bits per heavy atom. The summed E-state index contributed by atoms with van der Waals surface area (Å²) in [6, 6.07) is 9.09. The van der Waals surface area contributed by atoms with Crippen molar-refractivity contribution in [3.63, 3.8) is 0 Å². The monoisotopic (exact) mass is 284 g/mol. The third kappa shape index (κ3) is 6.20. The zero-order valence-corrected chi connectivity index (χ0v) is 11.4. The number of hydrogen-bond acceptors (Lipinski definition) is 3. The van der Waals surface area contributed by atoms with Gasteiger partial charge in [0.05, 0.1) is 20.0 Å². The summed E-state index contributed by atoms with van der Waals surface area (Å²) in [5.74, 6) is -2.02. The molecule has 1 aromatic rings. The molecule has 0 aliphatic heterocycles. The lowest BCUT2D eigenvalue weighted by Crippen LogP contribution is -2.07. The van der Waals surface area contributed by atoms with Crippen LogP contribution in [-0.2, 0) is 20.3 Å². The molecule has 2 N–H and O–H groups in total. The van der Waals surface area contributed by atoms with E-state index in [-0.39, 0.29) is 31.3 Å². The van der Waals surface area contributed by atoms with Crippen LogP contribution in [0.25, 0.3) is 0 Å². The van der Waals surface area contributed by atoms with Crippen LogP contribution in [0.2, 0.25) is 0 Å². The van der Waals surface area contributed by atoms with E-state index in [1.165, 1.54) is 0 Å². The fourth-order valence-corrected chi connectivity index (χ4v) is 4.40. The van der Waals surface area contributed by atoms with E-state index >= 15 is 0 Å². The van der Waals surface area contributed by atoms with Gasteiger partial charge in [0.1, 0.15) is 0 Å². The van der Waals surface area contributed by atoms with Gasteiger partial charge in [-0.1, -0.05) is 30.3 Å². The Kier molecular flexibility index (Phi) is 5.77. The lowest BCUT2D eigenvalue weighted by molar-refractivity contribution is -0.137. The standard InChI is InChI=1S/C13H17O5P/c14-12(15)6-8-19(18,9-7-13(16)17)10-11-4-2-1-3-5-11/h1-5H,6-10H2,(H,14,15)(H,16,17). The molecule has 19 heavy (non-hydrogen) atoms. The Labute approximate surface area is 111 Å². The highest BCUT2D eigenvalue weighted by molar-refractivity contribution is 7.63. The van der Waals surface area contributed by atoms with Gasteiger partial charge in [0.15, 0.2) is 0 Å². The van der Waals surface area contributed by atoms with Gasteiger partial charge in [0.2, 0.25) is 0 Å². The molecule has 0 aromatic heterocycles. The number of carbonyl (C=O) groups is 2. The van der Waals surface area contributed by atoms with Crippen molar-refractivity contribution in [2.75, 3.05) is 12.3 Å². The topological polar surface area (TPSA) is 91.7 Å². The molecule has 0 fully saturated rings. The highest BCUT2D eigenvalue weighted by atomic mass is 31.2. The van der Waals surface area contributed by atoms with Crippen molar-refractivity contribution in [3.05, 3.63) is 35.9 Å². The minimum absolute atomic E-state index is 0.0461. The predicted molar refractivity (Wildman–Crippen MR) is 72.0 cm³/mol. The van der Waals surface area contributed by atoms with Crippen molar-refractivity contribution in [1.29, 1.82) is 0 Å². The van der Waals surface area contributed by atoms with E-state index in [2.05, 4.69) is 0 Å². The largest absolute Gasteiger partial charge is 0.481 e. The second kappa shape index (κ2) is 7.10. The second-order valence-corrected chi connectivity index (χ2v) is 7.76. The Bertz CT molecular complexity index is 461. The number of carboxylic acids is 2. The summed E-state index contributed by atoms with van der Waals surface area (Å²) in [5.41, 5.74) is 0.849. The van der Waals surface area contributed by atoms with Crippen LogP contribution in [0, 0.1) is 0 Å². The summed E-state index contributed by atoms with van der Waals surface area (Å²) in [7, 11) is -2.81. The van der Waals surface area contributed by atoms with E-state index in [9.17, 15) is 14.2 Å². The van der Waals surface area contributed by atoms with Gasteiger partial charge in [-0.15, -0.1) is 0 Å². The molecule has 0 saturated carbocycles. The van der Waals surface area contributed by atoms with E-state index in [4.69, 9.17) is 10.2 Å². The molecule has 0 heterocycles. The zero-order chi connectivity index (χ0) is 14.3. The summed E-state index contributed by atoms with van der Waals surface area (Å²) in [6.45, 7) is 0. The van der Waals surface area contributed by atoms with Crippen molar-refractivity contribution in [2.24, 2.45) is 0 Å². The number of hydrogen-bond donors (Lipinski definition) is 2. The normalized spacial score (nSPS) is 11.2. The van der Waals surface area contributed by atoms with Gasteiger partial charge in [-0.05, 0) is 5.56 Å². The first-order chi connectivity index (χ1) is 8.91.